The highest BCUT2D eigenvalue weighted by molar-refractivity contribution is 6.02. The van der Waals surface area contributed by atoms with Gasteiger partial charge >= 0.3 is 0 Å². The molecular weight excluding hydrogens is 328 g/mol. The van der Waals surface area contributed by atoms with Crippen LogP contribution in [0.2, 0.25) is 0 Å². The second kappa shape index (κ2) is 7.04. The molecule has 1 amide bonds. The zero-order valence-corrected chi connectivity index (χ0v) is 15.1. The number of amides is 1. The van der Waals surface area contributed by atoms with Crippen molar-refractivity contribution in [3.05, 3.63) is 53.1 Å². The smallest absolute Gasteiger partial charge is 0.227 e. The van der Waals surface area contributed by atoms with Crippen molar-refractivity contribution >= 4 is 17.4 Å². The van der Waals surface area contributed by atoms with Gasteiger partial charge < -0.3 is 4.90 Å². The van der Waals surface area contributed by atoms with E-state index in [9.17, 15) is 14.9 Å². The van der Waals surface area contributed by atoms with E-state index in [1.165, 1.54) is 0 Å². The molecule has 3 rings (SSSR count). The minimum Gasteiger partial charge on any atom is -0.312 e. The minimum atomic E-state index is -0.980. The molecule has 2 aromatic rings. The van der Waals surface area contributed by atoms with Gasteiger partial charge in [0.05, 0.1) is 11.8 Å². The monoisotopic (exact) mass is 348 g/mol. The van der Waals surface area contributed by atoms with Gasteiger partial charge in [0.1, 0.15) is 11.7 Å². The number of carbonyl (C=O) groups excluding carboxylic acids is 2. The first-order valence-corrected chi connectivity index (χ1v) is 8.51. The lowest BCUT2D eigenvalue weighted by Gasteiger charge is -2.17. The zero-order chi connectivity index (χ0) is 18.8. The molecule has 0 saturated carbocycles. The third-order valence-electron chi connectivity index (χ3n) is 4.57. The summed E-state index contributed by atoms with van der Waals surface area (Å²) in [7, 11) is 0. The van der Waals surface area contributed by atoms with Gasteiger partial charge in [-0.15, -0.1) is 0 Å². The van der Waals surface area contributed by atoms with Gasteiger partial charge in [-0.2, -0.15) is 5.26 Å². The number of nitriles is 1. The van der Waals surface area contributed by atoms with Crippen LogP contribution in [0.15, 0.2) is 30.3 Å². The first-order chi connectivity index (χ1) is 12.4. The first-order valence-electron chi connectivity index (χ1n) is 8.51. The molecule has 0 spiro atoms. The van der Waals surface area contributed by atoms with E-state index in [4.69, 9.17) is 0 Å². The second-order valence-electron chi connectivity index (χ2n) is 6.69. The van der Waals surface area contributed by atoms with Gasteiger partial charge in [-0.25, -0.2) is 9.97 Å². The molecule has 0 aliphatic carbocycles. The largest absolute Gasteiger partial charge is 0.312 e. The van der Waals surface area contributed by atoms with E-state index < -0.39 is 11.8 Å². The van der Waals surface area contributed by atoms with Crippen molar-refractivity contribution in [2.24, 2.45) is 5.92 Å². The van der Waals surface area contributed by atoms with Crippen LogP contribution in [0.5, 0.6) is 0 Å². The number of hydrogen-bond acceptors (Lipinski definition) is 5. The van der Waals surface area contributed by atoms with Gasteiger partial charge in [-0.05, 0) is 39.0 Å². The average Bonchev–Trinajstić information content (AvgIpc) is 2.97. The first kappa shape index (κ1) is 17.7. The van der Waals surface area contributed by atoms with Crippen LogP contribution >= 0.6 is 0 Å². The van der Waals surface area contributed by atoms with Crippen molar-refractivity contribution < 1.29 is 9.59 Å². The molecule has 0 bridgehead atoms. The fourth-order valence-electron chi connectivity index (χ4n) is 3.28. The highest BCUT2D eigenvalue weighted by Gasteiger charge is 2.39. The summed E-state index contributed by atoms with van der Waals surface area (Å²) in [4.78, 5) is 35.4. The van der Waals surface area contributed by atoms with E-state index in [0.29, 0.717) is 23.8 Å². The Bertz CT molecular complexity index is 879. The van der Waals surface area contributed by atoms with E-state index >= 15 is 0 Å². The fourth-order valence-corrected chi connectivity index (χ4v) is 3.28. The minimum absolute atomic E-state index is 0.0982. The number of ketones is 1. The number of anilines is 1. The molecule has 1 saturated heterocycles. The lowest BCUT2D eigenvalue weighted by molar-refractivity contribution is -0.124. The van der Waals surface area contributed by atoms with Crippen LogP contribution in [0.3, 0.4) is 0 Å². The molecule has 0 radical (unpaired) electrons. The summed E-state index contributed by atoms with van der Waals surface area (Å²) in [6.45, 7) is 5.80. The summed E-state index contributed by atoms with van der Waals surface area (Å²) in [5.41, 5.74) is 3.00. The summed E-state index contributed by atoms with van der Waals surface area (Å²) in [6, 6.07) is 11.3. The molecule has 1 aromatic carbocycles. The number of benzene rings is 1. The third-order valence-corrected chi connectivity index (χ3v) is 4.57. The lowest BCUT2D eigenvalue weighted by atomic mass is 9.90. The number of Topliss-reactive ketones (excluding diaryl/α,β-unsaturated/α-hetero) is 1. The van der Waals surface area contributed by atoms with Crippen LogP contribution in [-0.2, 0) is 9.59 Å². The maximum Gasteiger partial charge on any atom is 0.227 e. The highest BCUT2D eigenvalue weighted by Crippen LogP contribution is 2.29. The van der Waals surface area contributed by atoms with Crippen molar-refractivity contribution in [1.29, 1.82) is 5.26 Å². The van der Waals surface area contributed by atoms with Crippen molar-refractivity contribution in [2.45, 2.75) is 33.1 Å². The summed E-state index contributed by atoms with van der Waals surface area (Å²) < 4.78 is 0. The number of hydrogen-bond donors (Lipinski definition) is 0. The summed E-state index contributed by atoms with van der Waals surface area (Å²) >= 11 is 0. The van der Waals surface area contributed by atoms with E-state index in [0.717, 1.165) is 11.3 Å². The SMILES string of the molecule is Cc1ccc(N2C[C@H](C(=O)[C@H](C#N)c3cc(C)nc(C)n3)CC2=O)cc1. The predicted octanol–water partition coefficient (Wildman–Crippen LogP) is 2.63. The van der Waals surface area contributed by atoms with Crippen LogP contribution in [0.1, 0.15) is 35.1 Å². The highest BCUT2D eigenvalue weighted by atomic mass is 16.2. The number of aryl methyl sites for hydroxylation is 3. The molecule has 2 atom stereocenters. The molecule has 26 heavy (non-hydrogen) atoms. The Labute approximate surface area is 152 Å². The number of nitrogens with zero attached hydrogens (tertiary/aromatic N) is 4. The van der Waals surface area contributed by atoms with Crippen LogP contribution in [0, 0.1) is 38.0 Å². The zero-order valence-electron chi connectivity index (χ0n) is 15.1. The molecule has 2 heterocycles. The van der Waals surface area contributed by atoms with E-state index in [1.54, 1.807) is 24.8 Å². The number of aromatic nitrogens is 2. The van der Waals surface area contributed by atoms with Crippen LogP contribution in [-0.4, -0.2) is 28.2 Å². The van der Waals surface area contributed by atoms with E-state index in [1.807, 2.05) is 31.2 Å². The molecule has 132 valence electrons. The second-order valence-corrected chi connectivity index (χ2v) is 6.69. The van der Waals surface area contributed by atoms with Crippen molar-refractivity contribution in [1.82, 2.24) is 9.97 Å². The Morgan fingerprint density at radius 3 is 2.54 bits per heavy atom. The number of carbonyl (C=O) groups is 2. The summed E-state index contributed by atoms with van der Waals surface area (Å²) in [5, 5.41) is 9.54. The maximum atomic E-state index is 12.9. The van der Waals surface area contributed by atoms with Gasteiger partial charge in [-0.3, -0.25) is 9.59 Å². The molecular formula is C20H20N4O2. The molecule has 0 N–H and O–H groups in total. The Hall–Kier alpha value is -3.07. The Morgan fingerprint density at radius 1 is 1.23 bits per heavy atom. The van der Waals surface area contributed by atoms with Crippen molar-refractivity contribution in [3.63, 3.8) is 0 Å². The van der Waals surface area contributed by atoms with Crippen LogP contribution in [0.25, 0.3) is 0 Å². The van der Waals surface area contributed by atoms with E-state index in [2.05, 4.69) is 16.0 Å². The lowest BCUT2D eigenvalue weighted by Crippen LogP contribution is -2.27. The van der Waals surface area contributed by atoms with Crippen LogP contribution < -0.4 is 4.90 Å². The van der Waals surface area contributed by atoms with Gasteiger partial charge in [0.2, 0.25) is 5.91 Å². The van der Waals surface area contributed by atoms with Gasteiger partial charge in [0.25, 0.3) is 0 Å². The van der Waals surface area contributed by atoms with Gasteiger partial charge in [-0.1, -0.05) is 17.7 Å². The normalized spacial score (nSPS) is 17.8. The summed E-state index contributed by atoms with van der Waals surface area (Å²) in [6.07, 6.45) is 0.119. The molecule has 6 heteroatoms. The average molecular weight is 348 g/mol. The van der Waals surface area contributed by atoms with E-state index in [-0.39, 0.29) is 18.1 Å². The molecule has 1 aliphatic heterocycles. The Morgan fingerprint density at radius 2 is 1.92 bits per heavy atom. The van der Waals surface area contributed by atoms with Crippen molar-refractivity contribution in [3.8, 4) is 6.07 Å². The third kappa shape index (κ3) is 3.47. The molecule has 1 fully saturated rings. The van der Waals surface area contributed by atoms with Gasteiger partial charge in [0.15, 0.2) is 5.78 Å². The quantitative estimate of drug-likeness (QED) is 0.848. The molecule has 1 aromatic heterocycles. The Balaban J connectivity index is 1.82. The van der Waals surface area contributed by atoms with Crippen molar-refractivity contribution in [2.75, 3.05) is 11.4 Å². The van der Waals surface area contributed by atoms with Crippen LogP contribution in [0.4, 0.5) is 5.69 Å². The summed E-state index contributed by atoms with van der Waals surface area (Å²) in [5.74, 6) is -1.32. The predicted molar refractivity (Wildman–Crippen MR) is 96.5 cm³/mol. The molecule has 0 unspecified atom stereocenters. The van der Waals surface area contributed by atoms with Gasteiger partial charge in [0, 0.05) is 30.3 Å². The topological polar surface area (TPSA) is 86.9 Å². The molecule has 6 nitrogen and oxygen atoms in total. The maximum absolute atomic E-state index is 12.9. The number of rotatable bonds is 4. The standard InChI is InChI=1S/C20H20N4O2/c1-12-4-6-16(7-5-12)24-11-15(9-19(24)25)20(26)17(10-21)18-8-13(2)22-14(3)23-18/h4-8,15,17H,9,11H2,1-3H3/t15-,17-/m1/s1. The Kier molecular flexibility index (Phi) is 4.81. The molecule has 1 aliphatic rings. The fraction of sp³-hybridized carbons (Fsp3) is 0.350.